The molecule has 0 bridgehead atoms. The molecule has 1 aromatic carbocycles. The second-order valence-corrected chi connectivity index (χ2v) is 5.26. The van der Waals surface area contributed by atoms with Crippen molar-refractivity contribution in [3.8, 4) is 0 Å². The number of H-pyrrole nitrogens is 1. The van der Waals surface area contributed by atoms with Gasteiger partial charge in [0.2, 0.25) is 0 Å². The van der Waals surface area contributed by atoms with E-state index in [-0.39, 0.29) is 0 Å². The van der Waals surface area contributed by atoms with Gasteiger partial charge in [-0.05, 0) is 18.6 Å². The van der Waals surface area contributed by atoms with Gasteiger partial charge in [-0.1, -0.05) is 55.5 Å². The van der Waals surface area contributed by atoms with Gasteiger partial charge in [-0.3, -0.25) is 0 Å². The number of hydrogen-bond acceptors (Lipinski definition) is 3. The molecule has 0 aliphatic heterocycles. The van der Waals surface area contributed by atoms with Crippen molar-refractivity contribution in [3.05, 3.63) is 54.5 Å². The molecule has 0 aliphatic carbocycles. The van der Waals surface area contributed by atoms with E-state index in [2.05, 4.69) is 16.9 Å². The van der Waals surface area contributed by atoms with Crippen LogP contribution in [0.25, 0.3) is 0 Å². The minimum atomic E-state index is -0.625. The standard InChI is InChI=1S/C15H18N2OS/c1-2-3-5-10-13(18)14-15(17-11-16-14)19-12-8-6-4-7-9-12/h4-11,13,18H,2-3H2,1H3,(H,16,17)/b10-5+. The van der Waals surface area contributed by atoms with Crippen LogP contribution in [-0.2, 0) is 0 Å². The molecule has 3 nitrogen and oxygen atoms in total. The molecule has 4 heteroatoms. The second-order valence-electron chi connectivity index (χ2n) is 4.20. The van der Waals surface area contributed by atoms with E-state index in [9.17, 15) is 5.11 Å². The van der Waals surface area contributed by atoms with Gasteiger partial charge in [0.15, 0.2) is 0 Å². The topological polar surface area (TPSA) is 48.9 Å². The second kappa shape index (κ2) is 7.16. The Morgan fingerprint density at radius 1 is 1.37 bits per heavy atom. The molecule has 1 aromatic heterocycles. The maximum absolute atomic E-state index is 10.1. The fourth-order valence-corrected chi connectivity index (χ4v) is 2.58. The van der Waals surface area contributed by atoms with Gasteiger partial charge in [0.1, 0.15) is 11.1 Å². The highest BCUT2D eigenvalue weighted by atomic mass is 32.2. The van der Waals surface area contributed by atoms with Crippen LogP contribution >= 0.6 is 11.8 Å². The van der Waals surface area contributed by atoms with Crippen molar-refractivity contribution in [3.63, 3.8) is 0 Å². The Balaban J connectivity index is 2.09. The highest BCUT2D eigenvalue weighted by Gasteiger charge is 2.13. The summed E-state index contributed by atoms with van der Waals surface area (Å²) in [5.74, 6) is 0. The van der Waals surface area contributed by atoms with Crippen LogP contribution in [0.1, 0.15) is 31.6 Å². The quantitative estimate of drug-likeness (QED) is 0.784. The maximum atomic E-state index is 10.1. The number of aromatic nitrogens is 2. The normalized spacial score (nSPS) is 12.9. The van der Waals surface area contributed by atoms with E-state index >= 15 is 0 Å². The number of hydrogen-bond donors (Lipinski definition) is 2. The molecule has 2 rings (SSSR count). The van der Waals surface area contributed by atoms with E-state index < -0.39 is 6.10 Å². The molecule has 0 saturated carbocycles. The van der Waals surface area contributed by atoms with Crippen molar-refractivity contribution in [2.75, 3.05) is 0 Å². The Morgan fingerprint density at radius 3 is 2.89 bits per heavy atom. The number of unbranched alkanes of at least 4 members (excludes halogenated alkanes) is 1. The van der Waals surface area contributed by atoms with Crippen LogP contribution in [-0.4, -0.2) is 15.1 Å². The van der Waals surface area contributed by atoms with E-state index in [4.69, 9.17) is 0 Å². The van der Waals surface area contributed by atoms with Crippen LogP contribution in [0.5, 0.6) is 0 Å². The average Bonchev–Trinajstić information content (AvgIpc) is 2.88. The first kappa shape index (κ1) is 13.9. The zero-order valence-electron chi connectivity index (χ0n) is 10.9. The van der Waals surface area contributed by atoms with Gasteiger partial charge in [-0.25, -0.2) is 4.98 Å². The van der Waals surface area contributed by atoms with Gasteiger partial charge in [0, 0.05) is 4.90 Å². The monoisotopic (exact) mass is 274 g/mol. The first-order valence-corrected chi connectivity index (χ1v) is 7.23. The molecular weight excluding hydrogens is 256 g/mol. The van der Waals surface area contributed by atoms with Crippen molar-refractivity contribution in [1.29, 1.82) is 0 Å². The summed E-state index contributed by atoms with van der Waals surface area (Å²) in [4.78, 5) is 8.41. The van der Waals surface area contributed by atoms with Crippen molar-refractivity contribution >= 4 is 11.8 Å². The number of imidazole rings is 1. The molecule has 0 aliphatic rings. The fraction of sp³-hybridized carbons (Fsp3) is 0.267. The molecule has 0 fully saturated rings. The predicted octanol–water partition coefficient (Wildman–Crippen LogP) is 3.95. The Morgan fingerprint density at radius 2 is 2.16 bits per heavy atom. The lowest BCUT2D eigenvalue weighted by Gasteiger charge is -2.06. The summed E-state index contributed by atoms with van der Waals surface area (Å²) in [5.41, 5.74) is 0.751. The molecule has 2 N–H and O–H groups in total. The number of aliphatic hydroxyl groups excluding tert-OH is 1. The van der Waals surface area contributed by atoms with Crippen LogP contribution in [0.15, 0.2) is 58.7 Å². The molecule has 2 aromatic rings. The van der Waals surface area contributed by atoms with Gasteiger partial charge >= 0.3 is 0 Å². The number of nitrogens with zero attached hydrogens (tertiary/aromatic N) is 1. The van der Waals surface area contributed by atoms with E-state index in [1.165, 1.54) is 0 Å². The van der Waals surface area contributed by atoms with E-state index in [1.54, 1.807) is 18.1 Å². The molecule has 0 amide bonds. The summed E-state index contributed by atoms with van der Waals surface area (Å²) in [6.45, 7) is 2.11. The number of allylic oxidation sites excluding steroid dienone is 1. The van der Waals surface area contributed by atoms with Crippen molar-refractivity contribution in [2.45, 2.75) is 35.8 Å². The molecule has 1 unspecified atom stereocenters. The minimum absolute atomic E-state index is 0.625. The van der Waals surface area contributed by atoms with Crippen molar-refractivity contribution < 1.29 is 5.11 Å². The number of aliphatic hydroxyl groups is 1. The van der Waals surface area contributed by atoms with Crippen LogP contribution in [0.3, 0.4) is 0 Å². The van der Waals surface area contributed by atoms with Crippen LogP contribution in [0.4, 0.5) is 0 Å². The van der Waals surface area contributed by atoms with Gasteiger partial charge in [-0.15, -0.1) is 0 Å². The van der Waals surface area contributed by atoms with Crippen molar-refractivity contribution in [1.82, 2.24) is 9.97 Å². The van der Waals surface area contributed by atoms with Crippen LogP contribution in [0, 0.1) is 0 Å². The molecule has 19 heavy (non-hydrogen) atoms. The van der Waals surface area contributed by atoms with Crippen LogP contribution < -0.4 is 0 Å². The SMILES string of the molecule is CCC/C=C/C(O)c1[nH]cnc1Sc1ccccc1. The predicted molar refractivity (Wildman–Crippen MR) is 78.2 cm³/mol. The first-order valence-electron chi connectivity index (χ1n) is 6.42. The summed E-state index contributed by atoms with van der Waals surface area (Å²) in [5, 5.41) is 10.9. The largest absolute Gasteiger partial charge is 0.383 e. The fourth-order valence-electron chi connectivity index (χ4n) is 1.67. The lowest BCUT2D eigenvalue weighted by atomic mass is 10.2. The van der Waals surface area contributed by atoms with E-state index in [0.717, 1.165) is 28.5 Å². The maximum Gasteiger partial charge on any atom is 0.125 e. The van der Waals surface area contributed by atoms with E-state index in [1.807, 2.05) is 42.5 Å². The third-order valence-electron chi connectivity index (χ3n) is 2.66. The Kier molecular flexibility index (Phi) is 5.24. The number of rotatable bonds is 6. The zero-order valence-corrected chi connectivity index (χ0v) is 11.7. The van der Waals surface area contributed by atoms with Gasteiger partial charge < -0.3 is 10.1 Å². The molecule has 100 valence electrons. The van der Waals surface area contributed by atoms with E-state index in [0.29, 0.717) is 0 Å². The molecule has 0 radical (unpaired) electrons. The molecule has 1 atom stereocenters. The summed E-state index contributed by atoms with van der Waals surface area (Å²) in [6, 6.07) is 10.0. The Bertz CT molecular complexity index is 522. The summed E-state index contributed by atoms with van der Waals surface area (Å²) in [6.07, 6.45) is 6.87. The minimum Gasteiger partial charge on any atom is -0.383 e. The number of aromatic amines is 1. The molecule has 0 saturated heterocycles. The molecule has 1 heterocycles. The Labute approximate surface area is 117 Å². The smallest absolute Gasteiger partial charge is 0.125 e. The summed E-state index contributed by atoms with van der Waals surface area (Å²) >= 11 is 1.55. The van der Waals surface area contributed by atoms with Crippen LogP contribution in [0.2, 0.25) is 0 Å². The third kappa shape index (κ3) is 3.98. The van der Waals surface area contributed by atoms with Gasteiger partial charge in [0.05, 0.1) is 12.0 Å². The lowest BCUT2D eigenvalue weighted by Crippen LogP contribution is -1.95. The number of benzene rings is 1. The van der Waals surface area contributed by atoms with Gasteiger partial charge in [0.25, 0.3) is 0 Å². The zero-order chi connectivity index (χ0) is 13.5. The summed E-state index contributed by atoms with van der Waals surface area (Å²) in [7, 11) is 0. The third-order valence-corrected chi connectivity index (χ3v) is 3.69. The molecule has 0 spiro atoms. The first-order chi connectivity index (χ1) is 9.31. The summed E-state index contributed by atoms with van der Waals surface area (Å²) < 4.78 is 0. The lowest BCUT2D eigenvalue weighted by molar-refractivity contribution is 0.220. The highest BCUT2D eigenvalue weighted by Crippen LogP contribution is 2.31. The Hall–Kier alpha value is -1.52. The number of nitrogens with one attached hydrogen (secondary N) is 1. The highest BCUT2D eigenvalue weighted by molar-refractivity contribution is 7.99. The van der Waals surface area contributed by atoms with Crippen molar-refractivity contribution in [2.24, 2.45) is 0 Å². The average molecular weight is 274 g/mol. The van der Waals surface area contributed by atoms with Gasteiger partial charge in [-0.2, -0.15) is 0 Å². The molecular formula is C15H18N2OS.